The van der Waals surface area contributed by atoms with Crippen LogP contribution in [0, 0.1) is 0 Å². The topological polar surface area (TPSA) is 46.6 Å². The van der Waals surface area contributed by atoms with Crippen LogP contribution in [0.3, 0.4) is 0 Å². The molecule has 134 valence electrons. The van der Waals surface area contributed by atoms with Crippen LogP contribution in [0.5, 0.6) is 0 Å². The van der Waals surface area contributed by atoms with Gasteiger partial charge < -0.3 is 9.64 Å². The van der Waals surface area contributed by atoms with Gasteiger partial charge in [0.1, 0.15) is 0 Å². The Morgan fingerprint density at radius 3 is 2.11 bits per heavy atom. The van der Waals surface area contributed by atoms with Crippen LogP contribution >= 0.6 is 0 Å². The molecule has 0 bridgehead atoms. The number of nitrogens with zero attached hydrogens (tertiary/aromatic N) is 1. The minimum absolute atomic E-state index is 0.00886. The van der Waals surface area contributed by atoms with E-state index in [0.717, 1.165) is 22.3 Å². The Morgan fingerprint density at radius 2 is 1.41 bits per heavy atom. The molecule has 0 saturated heterocycles. The van der Waals surface area contributed by atoms with Crippen molar-refractivity contribution in [2.75, 3.05) is 7.11 Å². The van der Waals surface area contributed by atoms with Gasteiger partial charge >= 0.3 is 5.97 Å². The predicted octanol–water partition coefficient (Wildman–Crippen LogP) is 4.30. The first-order valence-electron chi connectivity index (χ1n) is 8.80. The highest BCUT2D eigenvalue weighted by Gasteiger charge is 2.25. The fraction of sp³-hybridized carbons (Fsp3) is 0.130. The number of methoxy groups -OCH3 is 1. The van der Waals surface area contributed by atoms with Gasteiger partial charge in [0.25, 0.3) is 5.91 Å². The number of amides is 1. The molecule has 3 aromatic rings. The number of benzene rings is 3. The average Bonchev–Trinajstić information content (AvgIpc) is 3.16. The lowest BCUT2D eigenvalue weighted by molar-refractivity contribution is 0.0600. The van der Waals surface area contributed by atoms with E-state index in [0.29, 0.717) is 24.2 Å². The molecule has 1 amide bonds. The summed E-state index contributed by atoms with van der Waals surface area (Å²) in [4.78, 5) is 26.4. The van der Waals surface area contributed by atoms with Gasteiger partial charge in [0.05, 0.1) is 12.7 Å². The summed E-state index contributed by atoms with van der Waals surface area (Å²) < 4.78 is 4.77. The smallest absolute Gasteiger partial charge is 0.337 e. The maximum atomic E-state index is 12.9. The fourth-order valence-corrected chi connectivity index (χ4v) is 3.40. The number of esters is 1. The van der Waals surface area contributed by atoms with E-state index in [2.05, 4.69) is 0 Å². The van der Waals surface area contributed by atoms with Crippen LogP contribution in [0.15, 0.2) is 72.8 Å². The van der Waals surface area contributed by atoms with Gasteiger partial charge in [-0.1, -0.05) is 48.5 Å². The quantitative estimate of drug-likeness (QED) is 0.657. The van der Waals surface area contributed by atoms with Gasteiger partial charge in [-0.3, -0.25) is 4.79 Å². The van der Waals surface area contributed by atoms with E-state index in [1.165, 1.54) is 7.11 Å². The molecular formula is C23H19NO3. The van der Waals surface area contributed by atoms with Crippen LogP contribution in [0.2, 0.25) is 0 Å². The maximum Gasteiger partial charge on any atom is 0.337 e. The number of carbonyl (C=O) groups is 2. The molecule has 0 aliphatic carbocycles. The molecule has 0 aromatic heterocycles. The van der Waals surface area contributed by atoms with Gasteiger partial charge in [-0.15, -0.1) is 0 Å². The van der Waals surface area contributed by atoms with E-state index in [1.807, 2.05) is 66.7 Å². The lowest BCUT2D eigenvalue weighted by atomic mass is 10.0. The second-order valence-corrected chi connectivity index (χ2v) is 6.58. The molecule has 4 heteroatoms. The zero-order valence-corrected chi connectivity index (χ0v) is 15.0. The predicted molar refractivity (Wildman–Crippen MR) is 103 cm³/mol. The molecule has 4 rings (SSSR count). The van der Waals surface area contributed by atoms with Crippen molar-refractivity contribution < 1.29 is 14.3 Å². The minimum atomic E-state index is -0.362. The number of ether oxygens (including phenoxy) is 1. The summed E-state index contributed by atoms with van der Waals surface area (Å²) in [6.07, 6.45) is 0. The summed E-state index contributed by atoms with van der Waals surface area (Å²) in [6, 6.07) is 23.2. The van der Waals surface area contributed by atoms with Crippen LogP contribution in [-0.4, -0.2) is 23.9 Å². The molecule has 0 atom stereocenters. The van der Waals surface area contributed by atoms with Crippen molar-refractivity contribution in [3.8, 4) is 11.1 Å². The lowest BCUT2D eigenvalue weighted by Crippen LogP contribution is -2.25. The Hall–Kier alpha value is -3.40. The second kappa shape index (κ2) is 7.08. The highest BCUT2D eigenvalue weighted by molar-refractivity contribution is 5.95. The van der Waals surface area contributed by atoms with Gasteiger partial charge in [-0.25, -0.2) is 4.79 Å². The van der Waals surface area contributed by atoms with E-state index in [1.54, 1.807) is 11.0 Å². The van der Waals surface area contributed by atoms with E-state index in [-0.39, 0.29) is 11.9 Å². The van der Waals surface area contributed by atoms with Crippen molar-refractivity contribution in [1.29, 1.82) is 0 Å². The number of fused-ring (bicyclic) bond motifs is 1. The Morgan fingerprint density at radius 1 is 0.778 bits per heavy atom. The number of carbonyl (C=O) groups excluding carboxylic acids is 2. The Kier molecular flexibility index (Phi) is 4.47. The van der Waals surface area contributed by atoms with Gasteiger partial charge in [-0.2, -0.15) is 0 Å². The third kappa shape index (κ3) is 3.34. The Bertz CT molecular complexity index is 994. The Balaban J connectivity index is 1.51. The van der Waals surface area contributed by atoms with E-state index in [4.69, 9.17) is 4.74 Å². The van der Waals surface area contributed by atoms with Crippen molar-refractivity contribution in [3.05, 3.63) is 95.1 Å². The summed E-state index contributed by atoms with van der Waals surface area (Å²) in [6.45, 7) is 1.05. The van der Waals surface area contributed by atoms with E-state index in [9.17, 15) is 9.59 Å². The summed E-state index contributed by atoms with van der Waals surface area (Å²) in [5, 5.41) is 0. The van der Waals surface area contributed by atoms with E-state index >= 15 is 0 Å². The first-order chi connectivity index (χ1) is 13.2. The minimum Gasteiger partial charge on any atom is -0.465 e. The zero-order chi connectivity index (χ0) is 18.8. The maximum absolute atomic E-state index is 12.9. The lowest BCUT2D eigenvalue weighted by Gasteiger charge is -2.15. The standard InChI is InChI=1S/C23H19NO3/c1-27-23(26)19-11-12-20-14-24(15-21(20)13-19)22(25)18-9-7-17(8-10-18)16-5-3-2-4-6-16/h2-13H,14-15H2,1H3. The summed E-state index contributed by atoms with van der Waals surface area (Å²) >= 11 is 0. The van der Waals surface area contributed by atoms with Crippen molar-refractivity contribution in [3.63, 3.8) is 0 Å². The highest BCUT2D eigenvalue weighted by Crippen LogP contribution is 2.26. The van der Waals surface area contributed by atoms with Crippen LogP contribution in [0.25, 0.3) is 11.1 Å². The molecule has 4 nitrogen and oxygen atoms in total. The van der Waals surface area contributed by atoms with Crippen molar-refractivity contribution in [2.24, 2.45) is 0 Å². The van der Waals surface area contributed by atoms with Gasteiger partial charge in [0.15, 0.2) is 0 Å². The first kappa shape index (κ1) is 17.0. The molecule has 0 unspecified atom stereocenters. The van der Waals surface area contributed by atoms with Crippen LogP contribution in [0.1, 0.15) is 31.8 Å². The molecule has 0 N–H and O–H groups in total. The monoisotopic (exact) mass is 357 g/mol. The highest BCUT2D eigenvalue weighted by atomic mass is 16.5. The molecule has 1 aliphatic rings. The molecule has 0 spiro atoms. The number of hydrogen-bond donors (Lipinski definition) is 0. The molecule has 27 heavy (non-hydrogen) atoms. The molecular weight excluding hydrogens is 338 g/mol. The van der Waals surface area contributed by atoms with Crippen LogP contribution in [0.4, 0.5) is 0 Å². The van der Waals surface area contributed by atoms with Gasteiger partial charge in [0.2, 0.25) is 0 Å². The molecule has 1 heterocycles. The molecule has 0 fully saturated rings. The summed E-state index contributed by atoms with van der Waals surface area (Å²) in [5.74, 6) is -0.371. The van der Waals surface area contributed by atoms with Gasteiger partial charge in [0, 0.05) is 18.7 Å². The first-order valence-corrected chi connectivity index (χ1v) is 8.80. The normalized spacial score (nSPS) is 12.6. The third-order valence-corrected chi connectivity index (χ3v) is 4.88. The zero-order valence-electron chi connectivity index (χ0n) is 15.0. The van der Waals surface area contributed by atoms with E-state index < -0.39 is 0 Å². The van der Waals surface area contributed by atoms with Crippen LogP contribution < -0.4 is 0 Å². The van der Waals surface area contributed by atoms with Crippen molar-refractivity contribution >= 4 is 11.9 Å². The average molecular weight is 357 g/mol. The van der Waals surface area contributed by atoms with Crippen LogP contribution in [-0.2, 0) is 17.8 Å². The molecule has 0 saturated carbocycles. The van der Waals surface area contributed by atoms with Gasteiger partial charge in [-0.05, 0) is 46.5 Å². The third-order valence-electron chi connectivity index (χ3n) is 4.88. The number of rotatable bonds is 3. The second-order valence-electron chi connectivity index (χ2n) is 6.58. The molecule has 1 aliphatic heterocycles. The molecule has 3 aromatic carbocycles. The largest absolute Gasteiger partial charge is 0.465 e. The summed E-state index contributed by atoms with van der Waals surface area (Å²) in [5.41, 5.74) is 5.44. The van der Waals surface area contributed by atoms with Crippen molar-refractivity contribution in [1.82, 2.24) is 4.90 Å². The fourth-order valence-electron chi connectivity index (χ4n) is 3.40. The summed E-state index contributed by atoms with van der Waals surface area (Å²) in [7, 11) is 1.37. The number of hydrogen-bond acceptors (Lipinski definition) is 3. The SMILES string of the molecule is COC(=O)c1ccc2c(c1)CN(C(=O)c1ccc(-c3ccccc3)cc1)C2. The molecule has 0 radical (unpaired) electrons. The Labute approximate surface area is 158 Å². The van der Waals surface area contributed by atoms with Crippen molar-refractivity contribution in [2.45, 2.75) is 13.1 Å².